The number of amides is 3. The lowest BCUT2D eigenvalue weighted by Crippen LogP contribution is -2.34. The maximum absolute atomic E-state index is 11.4. The highest BCUT2D eigenvalue weighted by atomic mass is 35.5. The van der Waals surface area contributed by atoms with Crippen molar-refractivity contribution in [3.05, 3.63) is 45.9 Å². The number of primary amides is 1. The van der Waals surface area contributed by atoms with Crippen LogP contribution in [0.25, 0.3) is 11.1 Å². The molecule has 0 aliphatic rings. The van der Waals surface area contributed by atoms with Crippen molar-refractivity contribution in [1.82, 2.24) is 5.32 Å². The Kier molecular flexibility index (Phi) is 5.84. The number of thiocarbonyl (C=S) groups is 1. The number of nitrogens with two attached hydrogens (primary N) is 1. The molecule has 130 valence electrons. The summed E-state index contributed by atoms with van der Waals surface area (Å²) in [6.45, 7) is 1.37. The zero-order valence-electron chi connectivity index (χ0n) is 12.9. The van der Waals surface area contributed by atoms with E-state index in [1.165, 1.54) is 13.0 Å². The standard InChI is InChI=1S/C16H13Cl2N3O3S/c1-7(22)20-11-5-3-2-4-8(11)9-6-10(17)12(14(23)13(9)18)15(25)21-16(19)24/h2-6,23H,1H3,(H,20,22)(H3,19,21,24,25). The summed E-state index contributed by atoms with van der Waals surface area (Å²) in [6.07, 6.45) is 0. The summed E-state index contributed by atoms with van der Waals surface area (Å²) < 4.78 is 0. The predicted octanol–water partition coefficient (Wildman–Crippen LogP) is 3.67. The van der Waals surface area contributed by atoms with Gasteiger partial charge in [0.2, 0.25) is 5.91 Å². The molecule has 0 aliphatic heterocycles. The molecule has 0 atom stereocenters. The number of benzene rings is 2. The third-order valence-electron chi connectivity index (χ3n) is 3.18. The SMILES string of the molecule is CC(=O)Nc1ccccc1-c1cc(Cl)c(C(=S)NC(N)=O)c(O)c1Cl. The lowest BCUT2D eigenvalue weighted by atomic mass is 10.0. The van der Waals surface area contributed by atoms with E-state index in [0.29, 0.717) is 16.8 Å². The number of urea groups is 1. The fourth-order valence-corrected chi connectivity index (χ4v) is 3.12. The second-order valence-electron chi connectivity index (χ2n) is 4.99. The Labute approximate surface area is 158 Å². The van der Waals surface area contributed by atoms with Crippen molar-refractivity contribution in [3.8, 4) is 16.9 Å². The predicted molar refractivity (Wildman–Crippen MR) is 102 cm³/mol. The summed E-state index contributed by atoms with van der Waals surface area (Å²) >= 11 is 17.5. The van der Waals surface area contributed by atoms with Crippen LogP contribution in [0.2, 0.25) is 10.0 Å². The molecule has 2 rings (SSSR count). The van der Waals surface area contributed by atoms with Crippen LogP contribution in [0.5, 0.6) is 5.75 Å². The molecule has 2 aromatic carbocycles. The van der Waals surface area contributed by atoms with Crippen molar-refractivity contribution >= 4 is 58.0 Å². The van der Waals surface area contributed by atoms with Crippen molar-refractivity contribution < 1.29 is 14.7 Å². The van der Waals surface area contributed by atoms with Gasteiger partial charge < -0.3 is 16.2 Å². The summed E-state index contributed by atoms with van der Waals surface area (Å²) in [7, 11) is 0. The zero-order chi connectivity index (χ0) is 18.7. The van der Waals surface area contributed by atoms with Gasteiger partial charge in [0, 0.05) is 23.7 Å². The number of nitrogens with one attached hydrogen (secondary N) is 2. The summed E-state index contributed by atoms with van der Waals surface area (Å²) in [5.74, 6) is -0.664. The van der Waals surface area contributed by atoms with Crippen LogP contribution in [0.3, 0.4) is 0 Å². The van der Waals surface area contributed by atoms with Gasteiger partial charge in [0.05, 0.1) is 15.6 Å². The van der Waals surface area contributed by atoms with Gasteiger partial charge in [0.15, 0.2) is 0 Å². The van der Waals surface area contributed by atoms with E-state index in [0.717, 1.165) is 0 Å². The molecule has 0 aromatic heterocycles. The molecule has 0 fully saturated rings. The van der Waals surface area contributed by atoms with E-state index in [9.17, 15) is 14.7 Å². The maximum atomic E-state index is 11.4. The molecule has 0 spiro atoms. The summed E-state index contributed by atoms with van der Waals surface area (Å²) in [5.41, 5.74) is 6.45. The van der Waals surface area contributed by atoms with E-state index in [1.54, 1.807) is 24.3 Å². The molecule has 0 saturated heterocycles. The van der Waals surface area contributed by atoms with E-state index < -0.39 is 11.8 Å². The molecule has 25 heavy (non-hydrogen) atoms. The first-order valence-electron chi connectivity index (χ1n) is 6.91. The third-order valence-corrected chi connectivity index (χ3v) is 4.17. The number of rotatable bonds is 3. The molecular formula is C16H13Cl2N3O3S. The Morgan fingerprint density at radius 3 is 2.44 bits per heavy atom. The Bertz CT molecular complexity index is 887. The molecule has 0 aliphatic carbocycles. The largest absolute Gasteiger partial charge is 0.506 e. The van der Waals surface area contributed by atoms with Crippen molar-refractivity contribution in [2.75, 3.05) is 5.32 Å². The van der Waals surface area contributed by atoms with E-state index in [-0.39, 0.29) is 26.5 Å². The minimum absolute atomic E-state index is 0.0128. The first-order chi connectivity index (χ1) is 11.7. The average Bonchev–Trinajstić information content (AvgIpc) is 2.50. The van der Waals surface area contributed by atoms with Gasteiger partial charge in [-0.2, -0.15) is 0 Å². The molecule has 0 unspecified atom stereocenters. The van der Waals surface area contributed by atoms with Crippen LogP contribution in [0.4, 0.5) is 10.5 Å². The van der Waals surface area contributed by atoms with Crippen molar-refractivity contribution in [2.24, 2.45) is 5.73 Å². The monoisotopic (exact) mass is 397 g/mol. The molecule has 3 amide bonds. The minimum Gasteiger partial charge on any atom is -0.506 e. The highest BCUT2D eigenvalue weighted by molar-refractivity contribution is 7.80. The first-order valence-corrected chi connectivity index (χ1v) is 8.07. The molecule has 9 heteroatoms. The lowest BCUT2D eigenvalue weighted by molar-refractivity contribution is -0.114. The second kappa shape index (κ2) is 7.69. The van der Waals surface area contributed by atoms with Crippen LogP contribution >= 0.6 is 35.4 Å². The summed E-state index contributed by atoms with van der Waals surface area (Å²) in [6, 6.07) is 7.47. The highest BCUT2D eigenvalue weighted by Gasteiger charge is 2.21. The van der Waals surface area contributed by atoms with Crippen LogP contribution in [0, 0.1) is 0 Å². The highest BCUT2D eigenvalue weighted by Crippen LogP contribution is 2.43. The maximum Gasteiger partial charge on any atom is 0.317 e. The number of carbonyl (C=O) groups excluding carboxylic acids is 2. The lowest BCUT2D eigenvalue weighted by Gasteiger charge is -2.16. The smallest absolute Gasteiger partial charge is 0.317 e. The Morgan fingerprint density at radius 2 is 1.84 bits per heavy atom. The number of hydrogen-bond acceptors (Lipinski definition) is 4. The Hall–Kier alpha value is -2.35. The number of para-hydroxylation sites is 1. The molecule has 0 radical (unpaired) electrons. The van der Waals surface area contributed by atoms with Crippen LogP contribution in [0.1, 0.15) is 12.5 Å². The Balaban J connectivity index is 2.61. The fourth-order valence-electron chi connectivity index (χ4n) is 2.22. The van der Waals surface area contributed by atoms with Crippen LogP contribution in [-0.4, -0.2) is 22.0 Å². The number of phenols is 1. The van der Waals surface area contributed by atoms with E-state index in [1.807, 2.05) is 0 Å². The van der Waals surface area contributed by atoms with Crippen LogP contribution < -0.4 is 16.4 Å². The molecule has 0 saturated carbocycles. The second-order valence-corrected chi connectivity index (χ2v) is 6.18. The van der Waals surface area contributed by atoms with Crippen molar-refractivity contribution in [1.29, 1.82) is 0 Å². The van der Waals surface area contributed by atoms with Gasteiger partial charge in [0.25, 0.3) is 0 Å². The van der Waals surface area contributed by atoms with Crippen LogP contribution in [0.15, 0.2) is 30.3 Å². The number of aromatic hydroxyl groups is 1. The van der Waals surface area contributed by atoms with Gasteiger partial charge in [-0.15, -0.1) is 0 Å². The summed E-state index contributed by atoms with van der Waals surface area (Å²) in [5, 5.41) is 15.3. The molecule has 2 aromatic rings. The molecular weight excluding hydrogens is 385 g/mol. The van der Waals surface area contributed by atoms with Gasteiger partial charge in [0.1, 0.15) is 10.7 Å². The number of phenolic OH excluding ortho intramolecular Hbond substituents is 1. The first kappa shape index (κ1) is 19.0. The Morgan fingerprint density at radius 1 is 1.20 bits per heavy atom. The van der Waals surface area contributed by atoms with E-state index in [4.69, 9.17) is 41.2 Å². The van der Waals surface area contributed by atoms with Crippen LogP contribution in [-0.2, 0) is 4.79 Å². The molecule has 0 bridgehead atoms. The third kappa shape index (κ3) is 4.19. The van der Waals surface area contributed by atoms with Gasteiger partial charge in [-0.3, -0.25) is 10.1 Å². The quantitative estimate of drug-likeness (QED) is 0.592. The zero-order valence-corrected chi connectivity index (χ0v) is 15.2. The average molecular weight is 398 g/mol. The van der Waals surface area contributed by atoms with E-state index >= 15 is 0 Å². The van der Waals surface area contributed by atoms with Gasteiger partial charge in [-0.1, -0.05) is 53.6 Å². The molecule has 5 N–H and O–H groups in total. The number of hydrogen-bond donors (Lipinski definition) is 4. The minimum atomic E-state index is -0.892. The van der Waals surface area contributed by atoms with Gasteiger partial charge >= 0.3 is 6.03 Å². The van der Waals surface area contributed by atoms with Gasteiger partial charge in [-0.05, 0) is 12.1 Å². The molecule has 0 heterocycles. The fraction of sp³-hybridized carbons (Fsp3) is 0.0625. The topological polar surface area (TPSA) is 104 Å². The van der Waals surface area contributed by atoms with Crippen molar-refractivity contribution in [3.63, 3.8) is 0 Å². The number of anilines is 1. The van der Waals surface area contributed by atoms with Gasteiger partial charge in [-0.25, -0.2) is 4.79 Å². The molecule has 6 nitrogen and oxygen atoms in total. The summed E-state index contributed by atoms with van der Waals surface area (Å²) in [4.78, 5) is 22.2. The number of halogens is 2. The number of carbonyl (C=O) groups is 2. The van der Waals surface area contributed by atoms with Crippen molar-refractivity contribution in [2.45, 2.75) is 6.92 Å². The normalized spacial score (nSPS) is 10.2. The van der Waals surface area contributed by atoms with E-state index in [2.05, 4.69) is 10.6 Å².